The second-order valence-electron chi connectivity index (χ2n) is 13.5. The molecule has 11 heteroatoms. The van der Waals surface area contributed by atoms with Gasteiger partial charge in [-0.3, -0.25) is 9.59 Å². The molecule has 0 aromatic heterocycles. The Morgan fingerprint density at radius 3 is 2.24 bits per heavy atom. The second-order valence-corrected chi connectivity index (χ2v) is 13.5. The number of fused-ring (bicyclic) bond motifs is 3. The highest BCUT2D eigenvalue weighted by Crippen LogP contribution is 2.78. The van der Waals surface area contributed by atoms with Crippen LogP contribution in [-0.2, 0) is 52.4 Å². The first-order chi connectivity index (χ1) is 19.0. The average Bonchev–Trinajstić information content (AvgIpc) is 3.55. The lowest BCUT2D eigenvalue weighted by atomic mass is 9.37. The summed E-state index contributed by atoms with van der Waals surface area (Å²) in [5, 5.41) is 0. The van der Waals surface area contributed by atoms with Gasteiger partial charge in [0, 0.05) is 42.7 Å². The lowest BCUT2D eigenvalue weighted by Gasteiger charge is -2.67. The molecule has 0 aromatic carbocycles. The summed E-state index contributed by atoms with van der Waals surface area (Å²) in [6.45, 7) is 12.4. The van der Waals surface area contributed by atoms with Gasteiger partial charge in [0.1, 0.15) is 23.4 Å². The zero-order valence-corrected chi connectivity index (χ0v) is 24.3. The number of hydrogen-bond acceptors (Lipinski definition) is 11. The molecular formula is C30H36O11. The molecule has 222 valence electrons. The third kappa shape index (κ3) is 3.50. The summed E-state index contributed by atoms with van der Waals surface area (Å²) in [5.41, 5.74) is -4.21. The van der Waals surface area contributed by atoms with Crippen LogP contribution >= 0.6 is 0 Å². The molecule has 2 aliphatic carbocycles. The van der Waals surface area contributed by atoms with Crippen LogP contribution in [0.1, 0.15) is 67.7 Å². The van der Waals surface area contributed by atoms with E-state index in [2.05, 4.69) is 6.92 Å². The van der Waals surface area contributed by atoms with E-state index in [1.807, 2.05) is 33.8 Å². The van der Waals surface area contributed by atoms with Crippen molar-refractivity contribution >= 4 is 29.8 Å². The molecular weight excluding hydrogens is 536 g/mol. The number of hydrogen-bond donors (Lipinski definition) is 0. The highest BCUT2D eigenvalue weighted by atomic mass is 16.7. The third-order valence-corrected chi connectivity index (χ3v) is 11.0. The van der Waals surface area contributed by atoms with E-state index in [0.29, 0.717) is 19.3 Å². The number of rotatable bonds is 3. The van der Waals surface area contributed by atoms with Gasteiger partial charge in [-0.05, 0) is 44.4 Å². The Hall–Kier alpha value is -3.21. The molecule has 1 spiro atoms. The highest BCUT2D eigenvalue weighted by Gasteiger charge is 2.88. The Kier molecular flexibility index (Phi) is 5.74. The van der Waals surface area contributed by atoms with Gasteiger partial charge in [0.2, 0.25) is 0 Å². The van der Waals surface area contributed by atoms with Gasteiger partial charge in [-0.25, -0.2) is 14.4 Å². The fourth-order valence-electron chi connectivity index (χ4n) is 9.56. The molecule has 0 amide bonds. The maximum atomic E-state index is 13.5. The molecule has 2 saturated carbocycles. The fraction of sp³-hybridized carbons (Fsp3) is 0.700. The topological polar surface area (TPSA) is 144 Å². The molecule has 6 rings (SSSR count). The lowest BCUT2D eigenvalue weighted by Crippen LogP contribution is -2.74. The van der Waals surface area contributed by atoms with Crippen molar-refractivity contribution in [3.63, 3.8) is 0 Å². The van der Waals surface area contributed by atoms with Crippen molar-refractivity contribution in [2.24, 2.45) is 28.1 Å². The summed E-state index contributed by atoms with van der Waals surface area (Å²) in [6, 6.07) is 0. The van der Waals surface area contributed by atoms with Crippen LogP contribution < -0.4 is 0 Å². The lowest BCUT2D eigenvalue weighted by molar-refractivity contribution is -0.254. The van der Waals surface area contributed by atoms with Crippen LogP contribution in [0.3, 0.4) is 0 Å². The number of cyclic esters (lactones) is 3. The predicted octanol–water partition coefficient (Wildman–Crippen LogP) is 2.69. The summed E-state index contributed by atoms with van der Waals surface area (Å²) in [6.07, 6.45) is 2.10. The molecule has 10 atom stereocenters. The van der Waals surface area contributed by atoms with Crippen molar-refractivity contribution in [3.8, 4) is 0 Å². The van der Waals surface area contributed by atoms with Crippen LogP contribution in [0.5, 0.6) is 0 Å². The maximum Gasteiger partial charge on any atom is 0.339 e. The maximum absolute atomic E-state index is 13.5. The molecule has 41 heavy (non-hydrogen) atoms. The van der Waals surface area contributed by atoms with Crippen molar-refractivity contribution in [2.45, 2.75) is 104 Å². The molecule has 0 bridgehead atoms. The van der Waals surface area contributed by atoms with Gasteiger partial charge in [-0.1, -0.05) is 26.8 Å². The number of ether oxygens (including phenoxy) is 6. The molecule has 0 aromatic rings. The van der Waals surface area contributed by atoms with Gasteiger partial charge in [0.15, 0.2) is 6.10 Å². The van der Waals surface area contributed by atoms with Crippen molar-refractivity contribution in [2.75, 3.05) is 0 Å². The number of epoxide rings is 1. The van der Waals surface area contributed by atoms with Crippen LogP contribution in [-0.4, -0.2) is 65.7 Å². The molecule has 0 unspecified atom stereocenters. The van der Waals surface area contributed by atoms with Crippen LogP contribution in [0.2, 0.25) is 0 Å². The SMILES string of the molecule is CC(=O)O[C@@H]1OC(=O)C=C1[C@@H]1OC(=O)[C@H]2O[C@]23[C@]2(C)[C@@H](OC(C)=O)C[C@H]4C(C)(C)OC(=O)C=C[C@]4(C)[C@H]2CC[C@@]13C. The Bertz CT molecular complexity index is 1330. The third-order valence-electron chi connectivity index (χ3n) is 11.0. The van der Waals surface area contributed by atoms with E-state index < -0.39 is 81.9 Å². The molecule has 0 radical (unpaired) electrons. The first-order valence-electron chi connectivity index (χ1n) is 14.1. The quantitative estimate of drug-likeness (QED) is 0.280. The van der Waals surface area contributed by atoms with Crippen LogP contribution in [0, 0.1) is 28.1 Å². The van der Waals surface area contributed by atoms with E-state index in [1.165, 1.54) is 26.0 Å². The van der Waals surface area contributed by atoms with Crippen LogP contribution in [0.4, 0.5) is 0 Å². The van der Waals surface area contributed by atoms with Crippen molar-refractivity contribution in [3.05, 3.63) is 23.8 Å². The minimum atomic E-state index is -1.33. The minimum absolute atomic E-state index is 0.201. The van der Waals surface area contributed by atoms with E-state index >= 15 is 0 Å². The second kappa shape index (κ2) is 8.42. The molecule has 4 aliphatic heterocycles. The fourth-order valence-corrected chi connectivity index (χ4v) is 9.56. The normalized spacial score (nSPS) is 47.1. The monoisotopic (exact) mass is 572 g/mol. The summed E-state index contributed by atoms with van der Waals surface area (Å²) in [4.78, 5) is 62.9. The Labute approximate surface area is 237 Å². The largest absolute Gasteiger partial charge is 0.462 e. The molecule has 2 saturated heterocycles. The number of esters is 5. The molecule has 11 nitrogen and oxygen atoms in total. The van der Waals surface area contributed by atoms with E-state index in [-0.39, 0.29) is 17.4 Å². The number of carbonyl (C=O) groups excluding carboxylic acids is 5. The summed E-state index contributed by atoms with van der Waals surface area (Å²) in [5.74, 6) is -3.30. The van der Waals surface area contributed by atoms with Gasteiger partial charge >= 0.3 is 29.8 Å². The van der Waals surface area contributed by atoms with Crippen molar-refractivity contribution in [1.82, 2.24) is 0 Å². The summed E-state index contributed by atoms with van der Waals surface area (Å²) in [7, 11) is 0. The zero-order chi connectivity index (χ0) is 29.9. The van der Waals surface area contributed by atoms with E-state index in [4.69, 9.17) is 28.4 Å². The molecule has 4 heterocycles. The number of allylic oxidation sites excluding steroid dienone is 1. The summed E-state index contributed by atoms with van der Waals surface area (Å²) >= 11 is 0. The van der Waals surface area contributed by atoms with Gasteiger partial charge in [0.05, 0.1) is 5.57 Å². The molecule has 0 N–H and O–H groups in total. The van der Waals surface area contributed by atoms with Gasteiger partial charge in [-0.2, -0.15) is 0 Å². The van der Waals surface area contributed by atoms with Crippen molar-refractivity contribution in [1.29, 1.82) is 0 Å². The smallest absolute Gasteiger partial charge is 0.339 e. The Morgan fingerprint density at radius 1 is 0.902 bits per heavy atom. The molecule has 4 fully saturated rings. The van der Waals surface area contributed by atoms with Gasteiger partial charge in [0.25, 0.3) is 6.29 Å². The predicted molar refractivity (Wildman–Crippen MR) is 137 cm³/mol. The first-order valence-corrected chi connectivity index (χ1v) is 14.1. The van der Waals surface area contributed by atoms with Gasteiger partial charge in [-0.15, -0.1) is 0 Å². The first kappa shape index (κ1) is 27.9. The van der Waals surface area contributed by atoms with Crippen LogP contribution in [0.25, 0.3) is 0 Å². The Balaban J connectivity index is 1.52. The Morgan fingerprint density at radius 2 is 1.59 bits per heavy atom. The van der Waals surface area contributed by atoms with Crippen LogP contribution in [0.15, 0.2) is 23.8 Å². The minimum Gasteiger partial charge on any atom is -0.462 e. The summed E-state index contributed by atoms with van der Waals surface area (Å²) < 4.78 is 34.9. The van der Waals surface area contributed by atoms with E-state index in [1.54, 1.807) is 0 Å². The van der Waals surface area contributed by atoms with E-state index in [0.717, 1.165) is 0 Å². The van der Waals surface area contributed by atoms with E-state index in [9.17, 15) is 24.0 Å². The standard InChI is InChI=1S/C30H36O11/c1-14(31)36-19-13-18-26(3,4)40-20(33)9-10-27(18,5)17-8-11-28(6)22(16-12-21(34)38-25(16)37-15(2)32)39-24(35)23-30(28,41-23)29(17,19)7/h9-10,12,17-19,22-23,25H,8,11,13H2,1-7H3/t17-,18+,19+,22+,23-,25-,27-,28+,29+,30-/m1/s1. The number of carbonyl (C=O) groups is 5. The highest BCUT2D eigenvalue weighted by molar-refractivity contribution is 5.88. The van der Waals surface area contributed by atoms with Crippen molar-refractivity contribution < 1.29 is 52.4 Å². The molecule has 6 aliphatic rings. The zero-order valence-electron chi connectivity index (χ0n) is 24.3. The van der Waals surface area contributed by atoms with Gasteiger partial charge < -0.3 is 28.4 Å². The average molecular weight is 573 g/mol.